The highest BCUT2D eigenvalue weighted by Crippen LogP contribution is 2.28. The first-order valence-corrected chi connectivity index (χ1v) is 10.0. The fourth-order valence-electron chi connectivity index (χ4n) is 3.85. The predicted octanol–water partition coefficient (Wildman–Crippen LogP) is 6.00. The number of aromatic nitrogens is 2. The monoisotopic (exact) mass is 378 g/mol. The van der Waals surface area contributed by atoms with Crippen LogP contribution in [0.2, 0.25) is 0 Å². The smallest absolute Gasteiger partial charge is 0.162 e. The Hall–Kier alpha value is -3.53. The second-order valence-corrected chi connectivity index (χ2v) is 7.43. The van der Waals surface area contributed by atoms with E-state index in [9.17, 15) is 0 Å². The molecule has 0 spiro atoms. The van der Waals surface area contributed by atoms with Gasteiger partial charge in [0.25, 0.3) is 0 Å². The van der Waals surface area contributed by atoms with E-state index in [1.807, 2.05) is 24.3 Å². The Morgan fingerprint density at radius 1 is 0.897 bits per heavy atom. The van der Waals surface area contributed by atoms with Crippen LogP contribution in [0.25, 0.3) is 33.1 Å². The van der Waals surface area contributed by atoms with E-state index in [1.54, 1.807) is 0 Å². The first kappa shape index (κ1) is 17.6. The summed E-state index contributed by atoms with van der Waals surface area (Å²) in [6.07, 6.45) is 3.11. The molecule has 2 heterocycles. The van der Waals surface area contributed by atoms with Crippen molar-refractivity contribution in [3.8, 4) is 11.4 Å². The van der Waals surface area contributed by atoms with Gasteiger partial charge in [0.05, 0.1) is 11.6 Å². The van der Waals surface area contributed by atoms with E-state index in [-0.39, 0.29) is 6.04 Å². The molecule has 1 aromatic heterocycles. The number of anilines is 1. The Balaban J connectivity index is 1.62. The van der Waals surface area contributed by atoms with Crippen molar-refractivity contribution in [2.75, 3.05) is 5.32 Å². The van der Waals surface area contributed by atoms with Gasteiger partial charge in [-0.05, 0) is 54.0 Å². The molecule has 0 fully saturated rings. The summed E-state index contributed by atoms with van der Waals surface area (Å²) in [6, 6.07) is 23.0. The van der Waals surface area contributed by atoms with E-state index in [1.165, 1.54) is 16.3 Å². The molecule has 0 bridgehead atoms. The lowest BCUT2D eigenvalue weighted by molar-refractivity contribution is 0.756. The molecule has 1 atom stereocenters. The van der Waals surface area contributed by atoms with Crippen LogP contribution in [0.4, 0.5) is 5.82 Å². The topological polar surface area (TPSA) is 50.2 Å². The Morgan fingerprint density at radius 3 is 2.52 bits per heavy atom. The summed E-state index contributed by atoms with van der Waals surface area (Å²) in [5, 5.41) is 6.83. The van der Waals surface area contributed by atoms with Gasteiger partial charge in [0, 0.05) is 10.9 Å². The van der Waals surface area contributed by atoms with Crippen LogP contribution in [0.1, 0.15) is 20.3 Å². The summed E-state index contributed by atoms with van der Waals surface area (Å²) in [5.41, 5.74) is 3.20. The van der Waals surface area contributed by atoms with Crippen LogP contribution in [0, 0.1) is 0 Å². The SMILES string of the molecule is CCC1N=C(Nc2nc(-c3ccc4ccccc4c3)nc3ccccc23)C=C1C. The summed E-state index contributed by atoms with van der Waals surface area (Å²) in [4.78, 5) is 14.5. The van der Waals surface area contributed by atoms with Gasteiger partial charge in [0.15, 0.2) is 5.82 Å². The molecule has 0 aliphatic carbocycles. The highest BCUT2D eigenvalue weighted by Gasteiger charge is 2.17. The van der Waals surface area contributed by atoms with E-state index in [0.717, 1.165) is 34.5 Å². The number of hydrogen-bond acceptors (Lipinski definition) is 4. The lowest BCUT2D eigenvalue weighted by atomic mass is 10.1. The van der Waals surface area contributed by atoms with Gasteiger partial charge in [-0.1, -0.05) is 55.5 Å². The van der Waals surface area contributed by atoms with Crippen LogP contribution in [0.3, 0.4) is 0 Å². The lowest BCUT2D eigenvalue weighted by Crippen LogP contribution is -2.11. The maximum Gasteiger partial charge on any atom is 0.162 e. The summed E-state index contributed by atoms with van der Waals surface area (Å²) >= 11 is 0. The van der Waals surface area contributed by atoms with E-state index in [0.29, 0.717) is 5.82 Å². The largest absolute Gasteiger partial charge is 0.325 e. The Kier molecular flexibility index (Phi) is 4.32. The van der Waals surface area contributed by atoms with Gasteiger partial charge in [0.1, 0.15) is 11.7 Å². The molecule has 1 aliphatic heterocycles. The fourth-order valence-corrected chi connectivity index (χ4v) is 3.85. The van der Waals surface area contributed by atoms with Gasteiger partial charge in [-0.2, -0.15) is 0 Å². The Bertz CT molecular complexity index is 1290. The van der Waals surface area contributed by atoms with Gasteiger partial charge < -0.3 is 5.32 Å². The van der Waals surface area contributed by atoms with Crippen molar-refractivity contribution in [1.29, 1.82) is 0 Å². The third kappa shape index (κ3) is 3.27. The first-order valence-electron chi connectivity index (χ1n) is 10.0. The number of amidine groups is 1. The van der Waals surface area contributed by atoms with Gasteiger partial charge in [0.2, 0.25) is 0 Å². The minimum atomic E-state index is 0.255. The van der Waals surface area contributed by atoms with Crippen LogP contribution >= 0.6 is 0 Å². The van der Waals surface area contributed by atoms with Gasteiger partial charge in [-0.15, -0.1) is 0 Å². The Labute approximate surface area is 170 Å². The van der Waals surface area contributed by atoms with Crippen LogP contribution in [0.15, 0.2) is 83.4 Å². The molecule has 1 aliphatic rings. The number of para-hydroxylation sites is 1. The molecule has 4 heteroatoms. The highest BCUT2D eigenvalue weighted by molar-refractivity contribution is 6.09. The van der Waals surface area contributed by atoms with Crippen molar-refractivity contribution in [2.24, 2.45) is 4.99 Å². The summed E-state index contributed by atoms with van der Waals surface area (Å²) in [7, 11) is 0. The van der Waals surface area contributed by atoms with Crippen molar-refractivity contribution in [2.45, 2.75) is 26.3 Å². The molecule has 142 valence electrons. The van der Waals surface area contributed by atoms with Crippen LogP contribution in [-0.2, 0) is 0 Å². The molecule has 1 unspecified atom stereocenters. The van der Waals surface area contributed by atoms with Crippen LogP contribution < -0.4 is 5.32 Å². The third-order valence-corrected chi connectivity index (χ3v) is 5.43. The van der Waals surface area contributed by atoms with Crippen molar-refractivity contribution < 1.29 is 0 Å². The number of benzene rings is 3. The first-order chi connectivity index (χ1) is 14.2. The minimum Gasteiger partial charge on any atom is -0.325 e. The van der Waals surface area contributed by atoms with Crippen LogP contribution in [-0.4, -0.2) is 21.8 Å². The minimum absolute atomic E-state index is 0.255. The number of rotatable bonds is 3. The molecule has 0 saturated heterocycles. The van der Waals surface area contributed by atoms with E-state index >= 15 is 0 Å². The van der Waals surface area contributed by atoms with Crippen molar-refractivity contribution in [3.05, 3.63) is 78.4 Å². The standard InChI is InChI=1S/C25H22N4/c1-3-21-16(2)14-23(26-21)28-25-20-10-6-7-11-22(20)27-24(29-25)19-13-12-17-8-4-5-9-18(17)15-19/h4-15,21H,3H2,1-2H3,(H,26,27,28,29). The molecule has 0 saturated carbocycles. The molecular weight excluding hydrogens is 356 g/mol. The number of nitrogens with zero attached hydrogens (tertiary/aromatic N) is 3. The summed E-state index contributed by atoms with van der Waals surface area (Å²) < 4.78 is 0. The van der Waals surface area contributed by atoms with Gasteiger partial charge in [-0.3, -0.25) is 4.99 Å². The van der Waals surface area contributed by atoms with Crippen LogP contribution in [0.5, 0.6) is 0 Å². The average Bonchev–Trinajstić information content (AvgIpc) is 3.12. The molecule has 4 aromatic rings. The molecule has 0 amide bonds. The third-order valence-electron chi connectivity index (χ3n) is 5.43. The van der Waals surface area contributed by atoms with E-state index in [4.69, 9.17) is 15.0 Å². The average molecular weight is 378 g/mol. The number of nitrogens with one attached hydrogen (secondary N) is 1. The number of aliphatic imine (C=N–C) groups is 1. The maximum atomic E-state index is 4.89. The van der Waals surface area contributed by atoms with E-state index in [2.05, 4.69) is 67.7 Å². The van der Waals surface area contributed by atoms with Crippen molar-refractivity contribution >= 4 is 33.3 Å². The zero-order valence-electron chi connectivity index (χ0n) is 16.6. The molecular formula is C25H22N4. The fraction of sp³-hybridized carbons (Fsp3) is 0.160. The predicted molar refractivity (Wildman–Crippen MR) is 121 cm³/mol. The zero-order chi connectivity index (χ0) is 19.8. The summed E-state index contributed by atoms with van der Waals surface area (Å²) in [6.45, 7) is 4.29. The highest BCUT2D eigenvalue weighted by atomic mass is 15.1. The summed E-state index contributed by atoms with van der Waals surface area (Å²) in [5.74, 6) is 2.37. The van der Waals surface area contributed by atoms with Gasteiger partial charge in [-0.25, -0.2) is 9.97 Å². The molecule has 0 radical (unpaired) electrons. The normalized spacial score (nSPS) is 16.1. The quantitative estimate of drug-likeness (QED) is 0.476. The second kappa shape index (κ2) is 7.13. The Morgan fingerprint density at radius 2 is 1.69 bits per heavy atom. The van der Waals surface area contributed by atoms with Crippen molar-refractivity contribution in [1.82, 2.24) is 9.97 Å². The number of fused-ring (bicyclic) bond motifs is 2. The van der Waals surface area contributed by atoms with E-state index < -0.39 is 0 Å². The molecule has 4 nitrogen and oxygen atoms in total. The molecule has 3 aromatic carbocycles. The second-order valence-electron chi connectivity index (χ2n) is 7.43. The lowest BCUT2D eigenvalue weighted by Gasteiger charge is -2.11. The van der Waals surface area contributed by atoms with Gasteiger partial charge >= 0.3 is 0 Å². The van der Waals surface area contributed by atoms with Crippen molar-refractivity contribution in [3.63, 3.8) is 0 Å². The molecule has 1 N–H and O–H groups in total. The molecule has 29 heavy (non-hydrogen) atoms. The molecule has 5 rings (SSSR count). The zero-order valence-corrected chi connectivity index (χ0v) is 16.6. The number of hydrogen-bond donors (Lipinski definition) is 1. The maximum absolute atomic E-state index is 4.89.